The monoisotopic (exact) mass is 387 g/mol. The Bertz CT molecular complexity index is 1020. The van der Waals surface area contributed by atoms with Crippen LogP contribution in [-0.2, 0) is 6.42 Å². The van der Waals surface area contributed by atoms with Crippen molar-refractivity contribution in [1.82, 2.24) is 4.98 Å². The molecule has 0 unspecified atom stereocenters. The number of nitrogens with zero attached hydrogens (tertiary/aromatic N) is 3. The zero-order valence-electron chi connectivity index (χ0n) is 15.5. The first-order valence-electron chi connectivity index (χ1n) is 9.63. The van der Waals surface area contributed by atoms with Crippen LogP contribution in [0.1, 0.15) is 27.2 Å². The fourth-order valence-corrected chi connectivity index (χ4v) is 4.76. The molecular formula is C23H21N3OS. The number of aromatic nitrogens is 1. The minimum Gasteiger partial charge on any atom is -0.353 e. The van der Waals surface area contributed by atoms with E-state index in [0.29, 0.717) is 5.56 Å². The first-order chi connectivity index (χ1) is 13.8. The fraction of sp³-hybridized carbons (Fsp3) is 0.217. The number of pyridine rings is 1. The molecule has 0 saturated heterocycles. The Morgan fingerprint density at radius 3 is 2.68 bits per heavy atom. The number of carbonyl (C=O) groups excluding carboxylic acids is 1. The topological polar surface area (TPSA) is 36.4 Å². The van der Waals surface area contributed by atoms with Crippen molar-refractivity contribution >= 4 is 34.3 Å². The number of carbonyl (C=O) groups is 1. The maximum Gasteiger partial charge on any atom is 0.259 e. The van der Waals surface area contributed by atoms with Gasteiger partial charge in [-0.2, -0.15) is 0 Å². The molecule has 0 spiro atoms. The molecule has 3 aromatic rings. The zero-order valence-corrected chi connectivity index (χ0v) is 16.4. The Labute approximate surface area is 168 Å². The number of hydrogen-bond acceptors (Lipinski definition) is 4. The second kappa shape index (κ2) is 7.24. The number of fused-ring (bicyclic) bond motifs is 1. The van der Waals surface area contributed by atoms with Gasteiger partial charge in [-0.15, -0.1) is 11.3 Å². The lowest BCUT2D eigenvalue weighted by Crippen LogP contribution is -2.30. The molecule has 28 heavy (non-hydrogen) atoms. The van der Waals surface area contributed by atoms with E-state index in [-0.39, 0.29) is 5.91 Å². The van der Waals surface area contributed by atoms with Gasteiger partial charge in [0.1, 0.15) is 5.82 Å². The Morgan fingerprint density at radius 2 is 1.93 bits per heavy atom. The fourth-order valence-electron chi connectivity index (χ4n) is 3.97. The highest BCUT2D eigenvalue weighted by Gasteiger charge is 2.25. The van der Waals surface area contributed by atoms with Gasteiger partial charge in [0.15, 0.2) is 0 Å². The molecule has 0 saturated carbocycles. The summed E-state index contributed by atoms with van der Waals surface area (Å²) in [7, 11) is 0. The van der Waals surface area contributed by atoms with Crippen LogP contribution in [0, 0.1) is 0 Å². The van der Waals surface area contributed by atoms with Crippen LogP contribution in [0.25, 0.3) is 5.57 Å². The van der Waals surface area contributed by atoms with E-state index in [1.54, 1.807) is 17.5 Å². The van der Waals surface area contributed by atoms with Gasteiger partial charge in [0.05, 0.1) is 5.56 Å². The molecule has 2 aliphatic rings. The molecule has 0 bridgehead atoms. The Kier molecular flexibility index (Phi) is 4.45. The van der Waals surface area contributed by atoms with E-state index < -0.39 is 0 Å². The molecule has 1 amide bonds. The Hall–Kier alpha value is -2.92. The summed E-state index contributed by atoms with van der Waals surface area (Å²) in [6.07, 6.45) is 5.95. The minimum atomic E-state index is 0.0301. The van der Waals surface area contributed by atoms with Crippen molar-refractivity contribution in [2.45, 2.75) is 12.8 Å². The van der Waals surface area contributed by atoms with Crippen LogP contribution in [0.2, 0.25) is 0 Å². The van der Waals surface area contributed by atoms with E-state index >= 15 is 0 Å². The number of para-hydroxylation sites is 1. The van der Waals surface area contributed by atoms with Crippen molar-refractivity contribution < 1.29 is 4.79 Å². The maximum atomic E-state index is 12.9. The predicted octanol–water partition coefficient (Wildman–Crippen LogP) is 4.64. The predicted molar refractivity (Wildman–Crippen MR) is 115 cm³/mol. The van der Waals surface area contributed by atoms with E-state index in [9.17, 15) is 4.79 Å². The lowest BCUT2D eigenvalue weighted by molar-refractivity contribution is 0.0989. The van der Waals surface area contributed by atoms with Gasteiger partial charge in [-0.3, -0.25) is 4.79 Å². The lowest BCUT2D eigenvalue weighted by atomic mass is 10.1. The minimum absolute atomic E-state index is 0.0301. The van der Waals surface area contributed by atoms with Gasteiger partial charge in [-0.05, 0) is 53.6 Å². The second-order valence-corrected chi connectivity index (χ2v) is 8.09. The van der Waals surface area contributed by atoms with E-state index in [0.717, 1.165) is 44.0 Å². The molecule has 5 rings (SSSR count). The van der Waals surface area contributed by atoms with Crippen molar-refractivity contribution in [3.63, 3.8) is 0 Å². The summed E-state index contributed by atoms with van der Waals surface area (Å²) in [5.74, 6) is 0.961. The standard InChI is InChI=1S/C23H21N3OS/c27-23(26-14-11-17-4-1-2-5-20(17)26)19-7-8-22(24-16-19)25-12-9-18(10-13-25)21-6-3-15-28-21/h1-9,15-16H,10-14H2. The van der Waals surface area contributed by atoms with Gasteiger partial charge in [-0.1, -0.05) is 30.3 Å². The molecule has 2 aromatic heterocycles. The van der Waals surface area contributed by atoms with Crippen LogP contribution in [0.4, 0.5) is 11.5 Å². The third-order valence-corrected chi connectivity index (χ3v) is 6.44. The summed E-state index contributed by atoms with van der Waals surface area (Å²) >= 11 is 1.79. The quantitative estimate of drug-likeness (QED) is 0.657. The third kappa shape index (κ3) is 3.12. The van der Waals surface area contributed by atoms with Crippen LogP contribution >= 0.6 is 11.3 Å². The summed E-state index contributed by atoms with van der Waals surface area (Å²) in [5.41, 5.74) is 4.33. The zero-order chi connectivity index (χ0) is 18.9. The van der Waals surface area contributed by atoms with Crippen molar-refractivity contribution in [2.75, 3.05) is 29.4 Å². The summed E-state index contributed by atoms with van der Waals surface area (Å²) in [5, 5.41) is 2.12. The molecule has 0 fully saturated rings. The highest BCUT2D eigenvalue weighted by Crippen LogP contribution is 2.30. The Morgan fingerprint density at radius 1 is 1.00 bits per heavy atom. The molecule has 4 nitrogen and oxygen atoms in total. The summed E-state index contributed by atoms with van der Waals surface area (Å²) in [6.45, 7) is 2.54. The van der Waals surface area contributed by atoms with Crippen LogP contribution in [0.5, 0.6) is 0 Å². The highest BCUT2D eigenvalue weighted by molar-refractivity contribution is 7.11. The SMILES string of the molecule is O=C(c1ccc(N2CC=C(c3cccs3)CC2)nc1)N1CCc2ccccc21. The van der Waals surface area contributed by atoms with Crippen LogP contribution in [0.15, 0.2) is 66.2 Å². The molecule has 140 valence electrons. The number of amides is 1. The summed E-state index contributed by atoms with van der Waals surface area (Å²) < 4.78 is 0. The lowest BCUT2D eigenvalue weighted by Gasteiger charge is -2.27. The number of thiophene rings is 1. The van der Waals surface area contributed by atoms with E-state index in [4.69, 9.17) is 0 Å². The number of anilines is 2. The van der Waals surface area contributed by atoms with Gasteiger partial charge >= 0.3 is 0 Å². The molecule has 2 aliphatic heterocycles. The molecule has 0 atom stereocenters. The molecule has 0 aliphatic carbocycles. The van der Waals surface area contributed by atoms with Crippen LogP contribution in [0.3, 0.4) is 0 Å². The maximum absolute atomic E-state index is 12.9. The molecule has 0 radical (unpaired) electrons. The normalized spacial score (nSPS) is 16.1. The van der Waals surface area contributed by atoms with Gasteiger partial charge < -0.3 is 9.80 Å². The van der Waals surface area contributed by atoms with Crippen LogP contribution < -0.4 is 9.80 Å². The number of hydrogen-bond donors (Lipinski definition) is 0. The van der Waals surface area contributed by atoms with Crippen molar-refractivity contribution in [3.05, 3.63) is 82.2 Å². The summed E-state index contributed by atoms with van der Waals surface area (Å²) in [6, 6.07) is 16.3. The largest absolute Gasteiger partial charge is 0.353 e. The molecule has 0 N–H and O–H groups in total. The first kappa shape index (κ1) is 17.2. The molecular weight excluding hydrogens is 366 g/mol. The van der Waals surface area contributed by atoms with Crippen LogP contribution in [-0.4, -0.2) is 30.5 Å². The summed E-state index contributed by atoms with van der Waals surface area (Å²) in [4.78, 5) is 23.0. The smallest absolute Gasteiger partial charge is 0.259 e. The van der Waals surface area contributed by atoms with Crippen molar-refractivity contribution in [1.29, 1.82) is 0 Å². The van der Waals surface area contributed by atoms with Crippen molar-refractivity contribution in [2.24, 2.45) is 0 Å². The highest BCUT2D eigenvalue weighted by atomic mass is 32.1. The van der Waals surface area contributed by atoms with Gasteiger partial charge in [0.2, 0.25) is 0 Å². The number of rotatable bonds is 3. The Balaban J connectivity index is 1.30. The van der Waals surface area contributed by atoms with Gasteiger partial charge in [-0.25, -0.2) is 4.98 Å². The average Bonchev–Trinajstić information content (AvgIpc) is 3.44. The first-order valence-corrected chi connectivity index (χ1v) is 10.5. The number of benzene rings is 1. The second-order valence-electron chi connectivity index (χ2n) is 7.14. The van der Waals surface area contributed by atoms with E-state index in [1.807, 2.05) is 35.2 Å². The van der Waals surface area contributed by atoms with E-state index in [1.165, 1.54) is 16.0 Å². The molecule has 1 aromatic carbocycles. The molecule has 5 heteroatoms. The van der Waals surface area contributed by atoms with Crippen molar-refractivity contribution in [3.8, 4) is 0 Å². The van der Waals surface area contributed by atoms with E-state index in [2.05, 4.69) is 39.5 Å². The van der Waals surface area contributed by atoms with Gasteiger partial charge in [0, 0.05) is 36.4 Å². The van der Waals surface area contributed by atoms with Gasteiger partial charge in [0.25, 0.3) is 5.91 Å². The third-order valence-electron chi connectivity index (χ3n) is 5.50. The average molecular weight is 388 g/mol. The molecule has 4 heterocycles.